The van der Waals surface area contributed by atoms with Crippen LogP contribution in [0.1, 0.15) is 0 Å². The van der Waals surface area contributed by atoms with E-state index in [9.17, 15) is 0 Å². The molecular formula is C9H12BrClN2O2. The van der Waals surface area contributed by atoms with Gasteiger partial charge in [0, 0.05) is 24.9 Å². The Morgan fingerprint density at radius 3 is 2.80 bits per heavy atom. The predicted molar refractivity (Wildman–Crippen MR) is 63.2 cm³/mol. The second-order valence-electron chi connectivity index (χ2n) is 2.77. The summed E-state index contributed by atoms with van der Waals surface area (Å²) in [5.74, 6) is 0. The minimum Gasteiger partial charge on any atom is -0.377 e. The van der Waals surface area contributed by atoms with Crippen molar-refractivity contribution < 1.29 is 9.47 Å². The van der Waals surface area contributed by atoms with Crippen LogP contribution in [0.25, 0.3) is 0 Å². The van der Waals surface area contributed by atoms with Crippen LogP contribution in [-0.2, 0) is 9.47 Å². The van der Waals surface area contributed by atoms with Gasteiger partial charge in [-0.05, 0) is 22.0 Å². The maximum absolute atomic E-state index is 5.89. The lowest BCUT2D eigenvalue weighted by Gasteiger charge is -2.15. The topological polar surface area (TPSA) is 43.4 Å². The van der Waals surface area contributed by atoms with Crippen LogP contribution in [0.4, 0.5) is 5.69 Å². The molecule has 4 nitrogen and oxygen atoms in total. The Bertz CT molecular complexity index is 321. The van der Waals surface area contributed by atoms with Gasteiger partial charge in [0.25, 0.3) is 0 Å². The van der Waals surface area contributed by atoms with Crippen molar-refractivity contribution in [2.75, 3.05) is 26.1 Å². The second-order valence-corrected chi connectivity index (χ2v) is 4.05. The summed E-state index contributed by atoms with van der Waals surface area (Å²) < 4.78 is 10.9. The fourth-order valence-electron chi connectivity index (χ4n) is 1.00. The lowest BCUT2D eigenvalue weighted by atomic mass is 10.4. The number of methoxy groups -OCH3 is 2. The van der Waals surface area contributed by atoms with Crippen LogP contribution in [0.3, 0.4) is 0 Å². The molecule has 1 aromatic rings. The van der Waals surface area contributed by atoms with E-state index in [2.05, 4.69) is 26.2 Å². The van der Waals surface area contributed by atoms with Crippen molar-refractivity contribution in [2.24, 2.45) is 0 Å². The summed E-state index contributed by atoms with van der Waals surface area (Å²) in [4.78, 5) is 3.98. The molecule has 0 aliphatic heterocycles. The molecule has 1 rings (SSSR count). The van der Waals surface area contributed by atoms with Crippen LogP contribution >= 0.6 is 27.5 Å². The van der Waals surface area contributed by atoms with E-state index in [0.717, 1.165) is 10.2 Å². The molecule has 1 aromatic heterocycles. The molecular weight excluding hydrogens is 283 g/mol. The largest absolute Gasteiger partial charge is 0.377 e. The van der Waals surface area contributed by atoms with Crippen molar-refractivity contribution in [3.05, 3.63) is 21.9 Å². The van der Waals surface area contributed by atoms with Gasteiger partial charge in [0.1, 0.15) is 0 Å². The summed E-state index contributed by atoms with van der Waals surface area (Å²) in [7, 11) is 3.16. The molecule has 0 unspecified atom stereocenters. The third-order valence-corrected chi connectivity index (χ3v) is 2.53. The van der Waals surface area contributed by atoms with E-state index < -0.39 is 0 Å². The maximum Gasteiger partial charge on any atom is 0.173 e. The number of hydrogen-bond donors (Lipinski definition) is 1. The van der Waals surface area contributed by atoms with Crippen molar-refractivity contribution in [1.29, 1.82) is 0 Å². The van der Waals surface area contributed by atoms with Crippen molar-refractivity contribution in [3.8, 4) is 0 Å². The lowest BCUT2D eigenvalue weighted by molar-refractivity contribution is -0.0914. The first-order valence-corrected chi connectivity index (χ1v) is 5.45. The molecule has 0 aliphatic rings. The fourth-order valence-corrected chi connectivity index (χ4v) is 1.50. The van der Waals surface area contributed by atoms with E-state index in [-0.39, 0.29) is 6.29 Å². The number of pyridine rings is 1. The second kappa shape index (κ2) is 6.27. The van der Waals surface area contributed by atoms with Gasteiger partial charge in [0.2, 0.25) is 0 Å². The molecule has 0 atom stereocenters. The Labute approximate surface area is 102 Å². The Morgan fingerprint density at radius 2 is 2.20 bits per heavy atom. The van der Waals surface area contributed by atoms with Gasteiger partial charge in [-0.1, -0.05) is 11.6 Å². The first-order chi connectivity index (χ1) is 7.17. The summed E-state index contributed by atoms with van der Waals surface area (Å²) in [5, 5.41) is 3.50. The number of nitrogens with one attached hydrogen (secondary N) is 1. The molecule has 0 aliphatic carbocycles. The number of anilines is 1. The summed E-state index contributed by atoms with van der Waals surface area (Å²) in [5.41, 5.74) is 0.741. The molecule has 0 amide bonds. The molecule has 0 fully saturated rings. The highest BCUT2D eigenvalue weighted by molar-refractivity contribution is 9.10. The molecule has 0 saturated heterocycles. The molecule has 84 valence electrons. The maximum atomic E-state index is 5.89. The molecule has 0 saturated carbocycles. The van der Waals surface area contributed by atoms with Crippen LogP contribution in [-0.4, -0.2) is 32.0 Å². The molecule has 0 radical (unpaired) electrons. The van der Waals surface area contributed by atoms with Gasteiger partial charge < -0.3 is 14.8 Å². The zero-order chi connectivity index (χ0) is 11.3. The number of rotatable bonds is 5. The predicted octanol–water partition coefficient (Wildman–Crippen LogP) is 2.53. The highest BCUT2D eigenvalue weighted by Gasteiger charge is 2.07. The molecule has 6 heteroatoms. The summed E-state index contributed by atoms with van der Waals surface area (Å²) in [6.07, 6.45) is 1.33. The van der Waals surface area contributed by atoms with E-state index in [1.165, 1.54) is 0 Å². The van der Waals surface area contributed by atoms with Gasteiger partial charge >= 0.3 is 0 Å². The first-order valence-electron chi connectivity index (χ1n) is 4.28. The Balaban J connectivity index is 2.60. The standard InChI is InChI=1S/C9H12BrClN2O2/c1-14-8(15-2)5-12-7-3-6(10)4-13-9(7)11/h3-4,8,12H,5H2,1-2H3. The van der Waals surface area contributed by atoms with Crippen molar-refractivity contribution in [1.82, 2.24) is 4.98 Å². The molecule has 1 heterocycles. The minimum atomic E-state index is -0.306. The average Bonchev–Trinajstić information content (AvgIpc) is 2.24. The van der Waals surface area contributed by atoms with Gasteiger partial charge in [0.15, 0.2) is 11.4 Å². The van der Waals surface area contributed by atoms with Crippen LogP contribution < -0.4 is 5.32 Å². The number of aromatic nitrogens is 1. The van der Waals surface area contributed by atoms with E-state index in [1.54, 1.807) is 20.4 Å². The van der Waals surface area contributed by atoms with Gasteiger partial charge in [-0.25, -0.2) is 4.98 Å². The normalized spacial score (nSPS) is 10.7. The third-order valence-electron chi connectivity index (χ3n) is 1.79. The van der Waals surface area contributed by atoms with Gasteiger partial charge in [-0.2, -0.15) is 0 Å². The van der Waals surface area contributed by atoms with Crippen molar-refractivity contribution in [3.63, 3.8) is 0 Å². The Morgan fingerprint density at radius 1 is 1.53 bits per heavy atom. The third kappa shape index (κ3) is 3.95. The number of hydrogen-bond acceptors (Lipinski definition) is 4. The summed E-state index contributed by atoms with van der Waals surface area (Å²) in [6, 6.07) is 1.84. The van der Waals surface area contributed by atoms with Crippen molar-refractivity contribution >= 4 is 33.2 Å². The van der Waals surface area contributed by atoms with E-state index in [4.69, 9.17) is 21.1 Å². The molecule has 0 aromatic carbocycles. The Hall–Kier alpha value is -0.360. The molecule has 0 spiro atoms. The summed E-state index contributed by atoms with van der Waals surface area (Å²) >= 11 is 9.20. The van der Waals surface area contributed by atoms with Crippen molar-refractivity contribution in [2.45, 2.75) is 6.29 Å². The van der Waals surface area contributed by atoms with Gasteiger partial charge in [-0.15, -0.1) is 0 Å². The van der Waals surface area contributed by atoms with E-state index >= 15 is 0 Å². The lowest BCUT2D eigenvalue weighted by Crippen LogP contribution is -2.23. The fraction of sp³-hybridized carbons (Fsp3) is 0.444. The SMILES string of the molecule is COC(CNc1cc(Br)cnc1Cl)OC. The van der Waals surface area contributed by atoms with E-state index in [0.29, 0.717) is 11.7 Å². The average molecular weight is 296 g/mol. The van der Waals surface area contributed by atoms with E-state index in [1.807, 2.05) is 6.07 Å². The summed E-state index contributed by atoms with van der Waals surface area (Å²) in [6.45, 7) is 0.505. The number of ether oxygens (including phenoxy) is 2. The Kier molecular flexibility index (Phi) is 5.31. The minimum absolute atomic E-state index is 0.306. The number of halogens is 2. The quantitative estimate of drug-likeness (QED) is 0.669. The monoisotopic (exact) mass is 294 g/mol. The van der Waals surface area contributed by atoms with Crippen LogP contribution in [0.2, 0.25) is 5.15 Å². The van der Waals surface area contributed by atoms with Crippen LogP contribution in [0.5, 0.6) is 0 Å². The van der Waals surface area contributed by atoms with Gasteiger partial charge in [-0.3, -0.25) is 0 Å². The highest BCUT2D eigenvalue weighted by Crippen LogP contribution is 2.22. The molecule has 1 N–H and O–H groups in total. The van der Waals surface area contributed by atoms with Crippen LogP contribution in [0, 0.1) is 0 Å². The zero-order valence-electron chi connectivity index (χ0n) is 8.46. The van der Waals surface area contributed by atoms with Gasteiger partial charge in [0.05, 0.1) is 12.2 Å². The smallest absolute Gasteiger partial charge is 0.173 e. The molecule has 0 bridgehead atoms. The highest BCUT2D eigenvalue weighted by atomic mass is 79.9. The number of nitrogens with zero attached hydrogens (tertiary/aromatic N) is 1. The first kappa shape index (κ1) is 12.7. The van der Waals surface area contributed by atoms with Crippen LogP contribution in [0.15, 0.2) is 16.7 Å². The zero-order valence-corrected chi connectivity index (χ0v) is 10.8. The molecule has 15 heavy (non-hydrogen) atoms.